The smallest absolute Gasteiger partial charge is 0.159 e. The van der Waals surface area contributed by atoms with E-state index in [4.69, 9.17) is 4.74 Å². The summed E-state index contributed by atoms with van der Waals surface area (Å²) in [7, 11) is 1.63. The monoisotopic (exact) mass is 250 g/mol. The zero-order valence-corrected chi connectivity index (χ0v) is 10.9. The van der Waals surface area contributed by atoms with Crippen LogP contribution in [0.2, 0.25) is 0 Å². The van der Waals surface area contributed by atoms with Crippen LogP contribution < -0.4 is 4.74 Å². The van der Waals surface area contributed by atoms with Crippen LogP contribution in [0.25, 0.3) is 0 Å². The first-order chi connectivity index (χ1) is 9.19. The van der Waals surface area contributed by atoms with Crippen molar-refractivity contribution in [2.24, 2.45) is 0 Å². The van der Waals surface area contributed by atoms with E-state index in [0.29, 0.717) is 5.56 Å². The molecule has 19 heavy (non-hydrogen) atoms. The highest BCUT2D eigenvalue weighted by Crippen LogP contribution is 2.11. The molecule has 0 fully saturated rings. The van der Waals surface area contributed by atoms with Gasteiger partial charge in [-0.2, -0.15) is 0 Å². The van der Waals surface area contributed by atoms with Crippen LogP contribution in [0.15, 0.2) is 48.5 Å². The maximum absolute atomic E-state index is 11.2. The molecule has 0 amide bonds. The first-order valence-electron chi connectivity index (χ1n) is 5.96. The number of ether oxygens (including phenoxy) is 1. The molecule has 2 nitrogen and oxygen atoms in total. The van der Waals surface area contributed by atoms with Crippen LogP contribution in [0, 0.1) is 11.8 Å². The second-order valence-electron chi connectivity index (χ2n) is 4.12. The first-order valence-corrected chi connectivity index (χ1v) is 5.96. The van der Waals surface area contributed by atoms with Crippen molar-refractivity contribution in [3.63, 3.8) is 0 Å². The zero-order chi connectivity index (χ0) is 13.7. The van der Waals surface area contributed by atoms with Gasteiger partial charge in [-0.1, -0.05) is 30.0 Å². The summed E-state index contributed by atoms with van der Waals surface area (Å²) in [4.78, 5) is 11.2. The minimum atomic E-state index is 0.0623. The predicted molar refractivity (Wildman–Crippen MR) is 75.4 cm³/mol. The second kappa shape index (κ2) is 5.88. The lowest BCUT2D eigenvalue weighted by atomic mass is 10.1. The molecule has 2 aromatic carbocycles. The lowest BCUT2D eigenvalue weighted by molar-refractivity contribution is 0.101. The van der Waals surface area contributed by atoms with Gasteiger partial charge in [0.15, 0.2) is 5.78 Å². The van der Waals surface area contributed by atoms with Crippen LogP contribution in [-0.4, -0.2) is 12.9 Å². The van der Waals surface area contributed by atoms with Gasteiger partial charge in [0, 0.05) is 16.7 Å². The van der Waals surface area contributed by atoms with E-state index >= 15 is 0 Å². The Morgan fingerprint density at radius 2 is 1.68 bits per heavy atom. The Labute approximate surface area is 113 Å². The second-order valence-corrected chi connectivity index (χ2v) is 4.12. The number of ketones is 1. The van der Waals surface area contributed by atoms with Crippen LogP contribution in [0.1, 0.15) is 28.4 Å². The summed E-state index contributed by atoms with van der Waals surface area (Å²) in [6.07, 6.45) is 0. The fourth-order valence-corrected chi connectivity index (χ4v) is 1.63. The molecule has 2 aromatic rings. The molecule has 0 spiro atoms. The summed E-state index contributed by atoms with van der Waals surface area (Å²) in [5.74, 6) is 6.98. The number of benzene rings is 2. The Morgan fingerprint density at radius 1 is 1.00 bits per heavy atom. The van der Waals surface area contributed by atoms with Crippen molar-refractivity contribution in [2.45, 2.75) is 6.92 Å². The normalized spacial score (nSPS) is 9.37. The first kappa shape index (κ1) is 12.9. The van der Waals surface area contributed by atoms with Gasteiger partial charge < -0.3 is 4.74 Å². The summed E-state index contributed by atoms with van der Waals surface area (Å²) in [6, 6.07) is 14.9. The van der Waals surface area contributed by atoms with Gasteiger partial charge in [-0.15, -0.1) is 0 Å². The molecule has 0 saturated carbocycles. The molecular weight excluding hydrogens is 236 g/mol. The molecule has 2 heteroatoms. The third-order valence-electron chi connectivity index (χ3n) is 2.71. The Kier molecular flexibility index (Phi) is 4.00. The van der Waals surface area contributed by atoms with Crippen molar-refractivity contribution < 1.29 is 9.53 Å². The molecule has 0 bridgehead atoms. The zero-order valence-electron chi connectivity index (χ0n) is 10.9. The van der Waals surface area contributed by atoms with E-state index in [9.17, 15) is 4.79 Å². The topological polar surface area (TPSA) is 26.3 Å². The van der Waals surface area contributed by atoms with Crippen LogP contribution in [0.5, 0.6) is 5.75 Å². The number of hydrogen-bond donors (Lipinski definition) is 0. The highest BCUT2D eigenvalue weighted by Gasteiger charge is 1.97. The molecule has 2 rings (SSSR count). The number of carbonyl (C=O) groups excluding carboxylic acids is 1. The van der Waals surface area contributed by atoms with E-state index in [1.54, 1.807) is 26.2 Å². The van der Waals surface area contributed by atoms with Crippen LogP contribution in [0.3, 0.4) is 0 Å². The fraction of sp³-hybridized carbons (Fsp3) is 0.118. The maximum Gasteiger partial charge on any atom is 0.159 e. The maximum atomic E-state index is 11.2. The number of rotatable bonds is 2. The van der Waals surface area contributed by atoms with Crippen molar-refractivity contribution in [2.75, 3.05) is 7.11 Å². The predicted octanol–water partition coefficient (Wildman–Crippen LogP) is 3.30. The molecule has 0 unspecified atom stereocenters. The molecule has 0 saturated heterocycles. The van der Waals surface area contributed by atoms with E-state index in [1.807, 2.05) is 36.4 Å². The summed E-state index contributed by atoms with van der Waals surface area (Å²) in [5, 5.41) is 0. The molecule has 0 N–H and O–H groups in total. The summed E-state index contributed by atoms with van der Waals surface area (Å²) in [6.45, 7) is 1.55. The van der Waals surface area contributed by atoms with Crippen molar-refractivity contribution in [1.82, 2.24) is 0 Å². The van der Waals surface area contributed by atoms with Gasteiger partial charge in [-0.25, -0.2) is 0 Å². The largest absolute Gasteiger partial charge is 0.497 e. The average Bonchev–Trinajstić information content (AvgIpc) is 2.46. The summed E-state index contributed by atoms with van der Waals surface area (Å²) in [5.41, 5.74) is 2.48. The molecule has 0 aliphatic carbocycles. The van der Waals surface area contributed by atoms with Crippen molar-refractivity contribution >= 4 is 5.78 Å². The van der Waals surface area contributed by atoms with Gasteiger partial charge in [0.05, 0.1) is 7.11 Å². The summed E-state index contributed by atoms with van der Waals surface area (Å²) >= 11 is 0. The molecular formula is C17H14O2. The van der Waals surface area contributed by atoms with Gasteiger partial charge in [-0.3, -0.25) is 4.79 Å². The molecule has 0 aliphatic rings. The van der Waals surface area contributed by atoms with Crippen molar-refractivity contribution in [3.05, 3.63) is 65.2 Å². The molecule has 0 atom stereocenters. The number of hydrogen-bond acceptors (Lipinski definition) is 2. The van der Waals surface area contributed by atoms with Gasteiger partial charge in [0.1, 0.15) is 5.75 Å². The van der Waals surface area contributed by atoms with Crippen LogP contribution >= 0.6 is 0 Å². The Bertz CT molecular complexity index is 643. The molecule has 0 aliphatic heterocycles. The Hall–Kier alpha value is -2.53. The van der Waals surface area contributed by atoms with Crippen molar-refractivity contribution in [1.29, 1.82) is 0 Å². The molecule has 0 heterocycles. The third kappa shape index (κ3) is 3.46. The SMILES string of the molecule is COc1cccc(C#Cc2ccc(C(C)=O)cc2)c1. The Balaban J connectivity index is 2.21. The van der Waals surface area contributed by atoms with Gasteiger partial charge in [0.25, 0.3) is 0 Å². The van der Waals surface area contributed by atoms with Gasteiger partial charge in [0.2, 0.25) is 0 Å². The van der Waals surface area contributed by atoms with Crippen LogP contribution in [-0.2, 0) is 0 Å². The fourth-order valence-electron chi connectivity index (χ4n) is 1.63. The van der Waals surface area contributed by atoms with E-state index in [-0.39, 0.29) is 5.78 Å². The molecule has 94 valence electrons. The standard InChI is InChI=1S/C17H14O2/c1-13(18)16-10-8-14(9-11-16)6-7-15-4-3-5-17(12-15)19-2/h3-5,8-12H,1-2H3. The van der Waals surface area contributed by atoms with E-state index in [0.717, 1.165) is 16.9 Å². The average molecular weight is 250 g/mol. The third-order valence-corrected chi connectivity index (χ3v) is 2.71. The highest BCUT2D eigenvalue weighted by atomic mass is 16.5. The van der Waals surface area contributed by atoms with Gasteiger partial charge >= 0.3 is 0 Å². The van der Waals surface area contributed by atoms with Crippen LogP contribution in [0.4, 0.5) is 0 Å². The number of methoxy groups -OCH3 is 1. The lowest BCUT2D eigenvalue weighted by Crippen LogP contribution is -1.90. The van der Waals surface area contributed by atoms with Gasteiger partial charge in [-0.05, 0) is 37.3 Å². The number of carbonyl (C=O) groups is 1. The Morgan fingerprint density at radius 3 is 2.32 bits per heavy atom. The molecule has 0 aromatic heterocycles. The van der Waals surface area contributed by atoms with E-state index in [2.05, 4.69) is 11.8 Å². The minimum absolute atomic E-state index is 0.0623. The number of Topliss-reactive ketones (excluding diaryl/α,β-unsaturated/α-hetero) is 1. The van der Waals surface area contributed by atoms with Crippen molar-refractivity contribution in [3.8, 4) is 17.6 Å². The minimum Gasteiger partial charge on any atom is -0.497 e. The quantitative estimate of drug-likeness (QED) is 0.604. The highest BCUT2D eigenvalue weighted by molar-refractivity contribution is 5.94. The lowest BCUT2D eigenvalue weighted by Gasteiger charge is -1.98. The summed E-state index contributed by atoms with van der Waals surface area (Å²) < 4.78 is 5.14. The van der Waals surface area contributed by atoms with E-state index < -0.39 is 0 Å². The molecule has 0 radical (unpaired) electrons. The van der Waals surface area contributed by atoms with E-state index in [1.165, 1.54) is 0 Å².